The Kier molecular flexibility index (Phi) is 6.54. The highest BCUT2D eigenvalue weighted by molar-refractivity contribution is 5.92. The summed E-state index contributed by atoms with van der Waals surface area (Å²) in [4.78, 5) is 34.8. The van der Waals surface area contributed by atoms with Gasteiger partial charge in [-0.25, -0.2) is 0 Å². The predicted molar refractivity (Wildman–Crippen MR) is 103 cm³/mol. The summed E-state index contributed by atoms with van der Waals surface area (Å²) in [6.45, 7) is 10.3. The number of ketones is 1. The molecule has 0 heterocycles. The largest absolute Gasteiger partial charge is 0.481 e. The molecule has 5 atom stereocenters. The summed E-state index contributed by atoms with van der Waals surface area (Å²) in [5.74, 6) is -0.201. The molecular formula is C22H34O5. The van der Waals surface area contributed by atoms with Crippen molar-refractivity contribution in [1.82, 2.24) is 0 Å². The Morgan fingerprint density at radius 2 is 2.04 bits per heavy atom. The Balaban J connectivity index is 2.26. The second-order valence-corrected chi connectivity index (χ2v) is 9.28. The fourth-order valence-electron chi connectivity index (χ4n) is 5.32. The highest BCUT2D eigenvalue weighted by atomic mass is 16.5. The maximum Gasteiger partial charge on any atom is 0.303 e. The van der Waals surface area contributed by atoms with E-state index in [-0.39, 0.29) is 47.4 Å². The van der Waals surface area contributed by atoms with Crippen molar-refractivity contribution in [3.8, 4) is 0 Å². The van der Waals surface area contributed by atoms with E-state index in [1.165, 1.54) is 6.92 Å². The van der Waals surface area contributed by atoms with Gasteiger partial charge in [0.25, 0.3) is 0 Å². The number of carboxylic acid groups (broad SMARTS) is 1. The Morgan fingerprint density at radius 3 is 2.63 bits per heavy atom. The molecule has 1 saturated carbocycles. The maximum atomic E-state index is 12.5. The van der Waals surface area contributed by atoms with Gasteiger partial charge in [-0.1, -0.05) is 27.7 Å². The van der Waals surface area contributed by atoms with Crippen LogP contribution in [0.4, 0.5) is 0 Å². The van der Waals surface area contributed by atoms with Crippen molar-refractivity contribution in [3.05, 3.63) is 11.6 Å². The molecule has 0 aromatic carbocycles. The molecule has 0 amide bonds. The van der Waals surface area contributed by atoms with Crippen molar-refractivity contribution in [2.45, 2.75) is 73.1 Å². The zero-order valence-electron chi connectivity index (χ0n) is 17.3. The first-order valence-corrected chi connectivity index (χ1v) is 10.1. The molecule has 0 aromatic rings. The number of carboxylic acids is 1. The minimum atomic E-state index is -0.756. The van der Waals surface area contributed by atoms with Crippen molar-refractivity contribution in [3.63, 3.8) is 0 Å². The van der Waals surface area contributed by atoms with Crippen LogP contribution in [0.3, 0.4) is 0 Å². The van der Waals surface area contributed by atoms with E-state index < -0.39 is 5.97 Å². The first-order chi connectivity index (χ1) is 12.5. The number of ether oxygens (including phenoxy) is 1. The topological polar surface area (TPSA) is 80.7 Å². The third-order valence-corrected chi connectivity index (χ3v) is 7.39. The highest BCUT2D eigenvalue weighted by Gasteiger charge is 2.55. The van der Waals surface area contributed by atoms with Gasteiger partial charge in [0.05, 0.1) is 0 Å². The number of aliphatic carboxylic acids is 1. The van der Waals surface area contributed by atoms with Crippen LogP contribution in [0.5, 0.6) is 0 Å². The van der Waals surface area contributed by atoms with Gasteiger partial charge < -0.3 is 9.84 Å². The van der Waals surface area contributed by atoms with Crippen molar-refractivity contribution < 1.29 is 24.2 Å². The molecule has 152 valence electrons. The molecule has 5 nitrogen and oxygen atoms in total. The lowest BCUT2D eigenvalue weighted by molar-refractivity contribution is -0.142. The van der Waals surface area contributed by atoms with Gasteiger partial charge in [0.1, 0.15) is 6.61 Å². The van der Waals surface area contributed by atoms with E-state index in [4.69, 9.17) is 9.84 Å². The van der Waals surface area contributed by atoms with E-state index in [0.717, 1.165) is 31.3 Å². The van der Waals surface area contributed by atoms with Crippen molar-refractivity contribution >= 4 is 17.7 Å². The molecule has 0 bridgehead atoms. The van der Waals surface area contributed by atoms with Crippen LogP contribution in [-0.4, -0.2) is 29.4 Å². The molecule has 2 aliphatic rings. The van der Waals surface area contributed by atoms with E-state index in [9.17, 15) is 14.4 Å². The smallest absolute Gasteiger partial charge is 0.303 e. The molecule has 1 N–H and O–H groups in total. The number of rotatable bonds is 7. The van der Waals surface area contributed by atoms with Gasteiger partial charge in [-0.05, 0) is 65.9 Å². The van der Waals surface area contributed by atoms with Gasteiger partial charge in [-0.15, -0.1) is 0 Å². The van der Waals surface area contributed by atoms with E-state index in [2.05, 4.69) is 20.8 Å². The number of fused-ring (bicyclic) bond motifs is 1. The lowest BCUT2D eigenvalue weighted by Gasteiger charge is -2.58. The van der Waals surface area contributed by atoms with Crippen LogP contribution >= 0.6 is 0 Å². The van der Waals surface area contributed by atoms with Gasteiger partial charge >= 0.3 is 11.9 Å². The van der Waals surface area contributed by atoms with Gasteiger partial charge in [0, 0.05) is 19.8 Å². The summed E-state index contributed by atoms with van der Waals surface area (Å²) in [7, 11) is 0. The number of hydrogen-bond acceptors (Lipinski definition) is 4. The molecule has 27 heavy (non-hydrogen) atoms. The van der Waals surface area contributed by atoms with Gasteiger partial charge in [-0.3, -0.25) is 14.4 Å². The van der Waals surface area contributed by atoms with E-state index >= 15 is 0 Å². The minimum absolute atomic E-state index is 0.0366. The van der Waals surface area contributed by atoms with Crippen molar-refractivity contribution in [1.29, 1.82) is 0 Å². The minimum Gasteiger partial charge on any atom is -0.481 e. The van der Waals surface area contributed by atoms with E-state index in [0.29, 0.717) is 12.3 Å². The standard InChI is InChI=1S/C22H34O5/c1-14(10-20(25)26)6-8-21(4)15(2)7-9-22(5)17(13-27-16(3)23)11-18(24)12-19(21)22/h11,14-15,19H,6-10,12-13H2,1-5H3,(H,25,26)/t14-,15+,19-,21+,22+/m1/s1. The number of carbonyl (C=O) groups is 3. The Bertz CT molecular complexity index is 637. The summed E-state index contributed by atoms with van der Waals surface area (Å²) < 4.78 is 5.26. The van der Waals surface area contributed by atoms with Crippen LogP contribution in [0.1, 0.15) is 73.1 Å². The molecule has 0 saturated heterocycles. The first-order valence-electron chi connectivity index (χ1n) is 10.1. The monoisotopic (exact) mass is 378 g/mol. The molecule has 0 spiro atoms. The molecular weight excluding hydrogens is 344 g/mol. The normalized spacial score (nSPS) is 34.4. The zero-order chi connectivity index (χ0) is 20.4. The molecule has 0 aromatic heterocycles. The quantitative estimate of drug-likeness (QED) is 0.664. The van der Waals surface area contributed by atoms with E-state index in [1.54, 1.807) is 6.08 Å². The molecule has 0 aliphatic heterocycles. The molecule has 0 unspecified atom stereocenters. The highest BCUT2D eigenvalue weighted by Crippen LogP contribution is 2.61. The van der Waals surface area contributed by atoms with Crippen LogP contribution in [0.15, 0.2) is 11.6 Å². The van der Waals surface area contributed by atoms with Gasteiger partial charge in [0.2, 0.25) is 0 Å². The average Bonchev–Trinajstić information content (AvgIpc) is 2.56. The molecule has 2 rings (SSSR count). The number of hydrogen-bond donors (Lipinski definition) is 1. The Labute approximate surface area is 162 Å². The average molecular weight is 379 g/mol. The van der Waals surface area contributed by atoms with E-state index in [1.807, 2.05) is 6.92 Å². The lowest BCUT2D eigenvalue weighted by atomic mass is 9.46. The van der Waals surface area contributed by atoms with Crippen LogP contribution < -0.4 is 0 Å². The summed E-state index contributed by atoms with van der Waals surface area (Å²) in [5.41, 5.74) is 0.752. The molecule has 2 aliphatic carbocycles. The number of esters is 1. The molecule has 0 radical (unpaired) electrons. The summed E-state index contributed by atoms with van der Waals surface area (Å²) >= 11 is 0. The van der Waals surface area contributed by atoms with Crippen molar-refractivity contribution in [2.75, 3.05) is 6.61 Å². The number of carbonyl (C=O) groups excluding carboxylic acids is 2. The fourth-order valence-corrected chi connectivity index (χ4v) is 5.32. The first kappa shape index (κ1) is 21.6. The predicted octanol–water partition coefficient (Wildman–Crippen LogP) is 4.40. The third-order valence-electron chi connectivity index (χ3n) is 7.39. The number of allylic oxidation sites excluding steroid dienone is 1. The maximum absolute atomic E-state index is 12.5. The lowest BCUT2D eigenvalue weighted by Crippen LogP contribution is -2.52. The van der Waals surface area contributed by atoms with Crippen LogP contribution in [0, 0.1) is 28.6 Å². The summed E-state index contributed by atoms with van der Waals surface area (Å²) in [5, 5.41) is 9.05. The van der Waals surface area contributed by atoms with Crippen LogP contribution in [-0.2, 0) is 19.1 Å². The second-order valence-electron chi connectivity index (χ2n) is 9.28. The summed E-state index contributed by atoms with van der Waals surface area (Å²) in [6.07, 6.45) is 6.20. The SMILES string of the molecule is CC(=O)OCC1=CC(=O)C[C@@H]2[C@@](C)(CC[C@@H](C)CC(=O)O)[C@@H](C)CC[C@@]12C. The zero-order valence-corrected chi connectivity index (χ0v) is 17.3. The fraction of sp³-hybridized carbons (Fsp3) is 0.773. The van der Waals surface area contributed by atoms with Crippen LogP contribution in [0.25, 0.3) is 0 Å². The molecule has 5 heteroatoms. The van der Waals surface area contributed by atoms with Crippen LogP contribution in [0.2, 0.25) is 0 Å². The molecule has 1 fully saturated rings. The van der Waals surface area contributed by atoms with Gasteiger partial charge in [0.15, 0.2) is 5.78 Å². The van der Waals surface area contributed by atoms with Crippen molar-refractivity contribution in [2.24, 2.45) is 28.6 Å². The summed E-state index contributed by atoms with van der Waals surface area (Å²) in [6, 6.07) is 0. The Morgan fingerprint density at radius 1 is 1.37 bits per heavy atom. The second kappa shape index (κ2) is 8.15. The van der Waals surface area contributed by atoms with Gasteiger partial charge in [-0.2, -0.15) is 0 Å². The third kappa shape index (κ3) is 4.61. The Hall–Kier alpha value is -1.65.